The van der Waals surface area contributed by atoms with Crippen LogP contribution in [0.4, 0.5) is 15.4 Å². The summed E-state index contributed by atoms with van der Waals surface area (Å²) in [5.74, 6) is -1.15. The molecule has 2 aromatic heterocycles. The SMILES string of the molecule is CCOC(=O)c1c(Br)c2cc(N(C(=O)OC(C)(C)C)S(=O)(=O)c3ccc(C(C)(C)C)cc3)ncc2n1C(=O)OC(C)(C)C. The van der Waals surface area contributed by atoms with Crippen LogP contribution in [0.1, 0.15) is 85.3 Å². The second-order valence-electron chi connectivity index (χ2n) is 12.8. The molecule has 1 aromatic carbocycles. The smallest absolute Gasteiger partial charge is 0.430 e. The van der Waals surface area contributed by atoms with Crippen molar-refractivity contribution in [3.8, 4) is 0 Å². The van der Waals surface area contributed by atoms with Gasteiger partial charge in [0.25, 0.3) is 10.0 Å². The fourth-order valence-electron chi connectivity index (χ4n) is 3.98. The minimum Gasteiger partial charge on any atom is -0.461 e. The molecule has 0 saturated heterocycles. The van der Waals surface area contributed by atoms with Gasteiger partial charge in [0.2, 0.25) is 0 Å². The Kier molecular flexibility index (Phi) is 9.43. The van der Waals surface area contributed by atoms with E-state index in [0.29, 0.717) is 4.31 Å². The molecule has 0 aliphatic carbocycles. The van der Waals surface area contributed by atoms with E-state index in [1.54, 1.807) is 60.6 Å². The monoisotopic (exact) mass is 679 g/mol. The van der Waals surface area contributed by atoms with E-state index < -0.39 is 39.4 Å². The van der Waals surface area contributed by atoms with E-state index in [4.69, 9.17) is 14.2 Å². The summed E-state index contributed by atoms with van der Waals surface area (Å²) in [6.45, 7) is 17.5. The van der Waals surface area contributed by atoms with Crippen molar-refractivity contribution in [2.75, 3.05) is 10.9 Å². The van der Waals surface area contributed by atoms with Gasteiger partial charge in [0.15, 0.2) is 11.5 Å². The minimum absolute atomic E-state index is 0.0310. The highest BCUT2D eigenvalue weighted by Crippen LogP contribution is 2.36. The third kappa shape index (κ3) is 7.56. The van der Waals surface area contributed by atoms with Crippen molar-refractivity contribution in [3.05, 3.63) is 52.3 Å². The number of hydrogen-bond donors (Lipinski definition) is 0. The molecule has 0 aliphatic heterocycles. The summed E-state index contributed by atoms with van der Waals surface area (Å²) >= 11 is 3.37. The maximum Gasteiger partial charge on any atom is 0.430 e. The molecule has 13 heteroatoms. The van der Waals surface area contributed by atoms with Crippen molar-refractivity contribution in [1.82, 2.24) is 9.55 Å². The average molecular weight is 681 g/mol. The summed E-state index contributed by atoms with van der Waals surface area (Å²) in [5, 5.41) is 0.200. The second kappa shape index (κ2) is 11.9. The van der Waals surface area contributed by atoms with Crippen LogP contribution >= 0.6 is 15.9 Å². The van der Waals surface area contributed by atoms with Crippen LogP contribution in [0, 0.1) is 0 Å². The number of benzene rings is 1. The number of ether oxygens (including phenoxy) is 3. The number of halogens is 1. The van der Waals surface area contributed by atoms with E-state index >= 15 is 0 Å². The van der Waals surface area contributed by atoms with Gasteiger partial charge in [-0.3, -0.25) is 0 Å². The Hall–Kier alpha value is -3.45. The second-order valence-corrected chi connectivity index (χ2v) is 15.4. The molecular formula is C30H38BrN3O8S. The summed E-state index contributed by atoms with van der Waals surface area (Å²) in [5.41, 5.74) is -1.34. The van der Waals surface area contributed by atoms with Crippen LogP contribution in [0.15, 0.2) is 45.9 Å². The summed E-state index contributed by atoms with van der Waals surface area (Å²) in [6, 6.07) is 7.47. The maximum atomic E-state index is 14.0. The van der Waals surface area contributed by atoms with Crippen molar-refractivity contribution in [3.63, 3.8) is 0 Å². The Morgan fingerprint density at radius 1 is 0.930 bits per heavy atom. The fourth-order valence-corrected chi connectivity index (χ4v) is 5.90. The van der Waals surface area contributed by atoms with Crippen molar-refractivity contribution in [2.45, 2.75) is 90.7 Å². The summed E-state index contributed by atoms with van der Waals surface area (Å²) in [7, 11) is -4.55. The van der Waals surface area contributed by atoms with Gasteiger partial charge >= 0.3 is 18.2 Å². The Morgan fingerprint density at radius 3 is 1.98 bits per heavy atom. The number of fused-ring (bicyclic) bond motifs is 1. The number of carbonyl (C=O) groups excluding carboxylic acids is 3. The molecule has 11 nitrogen and oxygen atoms in total. The van der Waals surface area contributed by atoms with Gasteiger partial charge in [0, 0.05) is 5.39 Å². The molecule has 0 radical (unpaired) electrons. The largest absolute Gasteiger partial charge is 0.461 e. The lowest BCUT2D eigenvalue weighted by molar-refractivity contribution is 0.0452. The number of pyridine rings is 1. The van der Waals surface area contributed by atoms with Crippen molar-refractivity contribution >= 4 is 60.8 Å². The Morgan fingerprint density at radius 2 is 1.49 bits per heavy atom. The standard InChI is InChI=1S/C30H38BrN3O8S/c1-11-40-25(35)24-23(31)20-16-22(32-17-21(20)33(24)26(36)41-29(5,6)7)34(27(37)42-30(8,9)10)43(38,39)19-14-12-18(13-15-19)28(2,3)4/h12-17H,11H2,1-10H3. The minimum atomic E-state index is -4.55. The zero-order valence-electron chi connectivity index (χ0n) is 26.1. The van der Waals surface area contributed by atoms with E-state index in [1.165, 1.54) is 24.4 Å². The molecule has 0 unspecified atom stereocenters. The number of nitrogens with zero attached hydrogens (tertiary/aromatic N) is 3. The van der Waals surface area contributed by atoms with Crippen LogP contribution in [-0.2, 0) is 29.6 Å². The van der Waals surface area contributed by atoms with Crippen molar-refractivity contribution in [1.29, 1.82) is 0 Å². The average Bonchev–Trinajstić information content (AvgIpc) is 3.13. The van der Waals surface area contributed by atoms with Gasteiger partial charge in [-0.1, -0.05) is 32.9 Å². The van der Waals surface area contributed by atoms with Crippen LogP contribution in [0.5, 0.6) is 0 Å². The first-order valence-corrected chi connectivity index (χ1v) is 15.8. The van der Waals surface area contributed by atoms with Crippen LogP contribution in [0.2, 0.25) is 0 Å². The number of sulfonamides is 1. The van der Waals surface area contributed by atoms with E-state index in [2.05, 4.69) is 20.9 Å². The lowest BCUT2D eigenvalue weighted by Crippen LogP contribution is -2.41. The molecule has 0 aliphatic rings. The third-order valence-electron chi connectivity index (χ3n) is 5.85. The summed E-state index contributed by atoms with van der Waals surface area (Å²) in [4.78, 5) is 43.8. The number of hydrogen-bond acceptors (Lipinski definition) is 9. The molecule has 3 rings (SSSR count). The highest BCUT2D eigenvalue weighted by atomic mass is 79.9. The Bertz CT molecular complexity index is 1660. The lowest BCUT2D eigenvalue weighted by Gasteiger charge is -2.27. The summed E-state index contributed by atoms with van der Waals surface area (Å²) < 4.78 is 45.7. The molecule has 0 spiro atoms. The molecule has 234 valence electrons. The third-order valence-corrected chi connectivity index (χ3v) is 8.34. The molecule has 43 heavy (non-hydrogen) atoms. The van der Waals surface area contributed by atoms with Crippen LogP contribution < -0.4 is 4.31 Å². The van der Waals surface area contributed by atoms with Crippen LogP contribution in [-0.4, -0.2) is 53.9 Å². The van der Waals surface area contributed by atoms with Gasteiger partial charge in [-0.15, -0.1) is 0 Å². The number of aromatic nitrogens is 2. The molecule has 0 atom stereocenters. The normalized spacial score (nSPS) is 12.6. The van der Waals surface area contributed by atoms with Gasteiger partial charge in [-0.2, -0.15) is 4.31 Å². The number of esters is 1. The number of anilines is 1. The van der Waals surface area contributed by atoms with Gasteiger partial charge < -0.3 is 14.2 Å². The molecule has 2 heterocycles. The number of rotatable bonds is 5. The quantitative estimate of drug-likeness (QED) is 0.203. The first-order valence-electron chi connectivity index (χ1n) is 13.6. The zero-order valence-corrected chi connectivity index (χ0v) is 28.5. The number of carbonyl (C=O) groups is 3. The van der Waals surface area contributed by atoms with Crippen LogP contribution in [0.3, 0.4) is 0 Å². The molecule has 1 amide bonds. The highest BCUT2D eigenvalue weighted by Gasteiger charge is 2.37. The first-order chi connectivity index (χ1) is 19.6. The van der Waals surface area contributed by atoms with Crippen LogP contribution in [0.25, 0.3) is 10.9 Å². The van der Waals surface area contributed by atoms with E-state index in [9.17, 15) is 22.8 Å². The molecule has 3 aromatic rings. The van der Waals surface area contributed by atoms with Gasteiger partial charge in [0.05, 0.1) is 27.7 Å². The molecule has 0 N–H and O–H groups in total. The van der Waals surface area contributed by atoms with E-state index in [-0.39, 0.29) is 43.8 Å². The van der Waals surface area contributed by atoms with Gasteiger partial charge in [-0.05, 0) is 93.6 Å². The lowest BCUT2D eigenvalue weighted by atomic mass is 9.87. The molecule has 0 bridgehead atoms. The van der Waals surface area contributed by atoms with E-state index in [1.807, 2.05) is 20.8 Å². The Labute approximate surface area is 260 Å². The number of amides is 1. The highest BCUT2D eigenvalue weighted by molar-refractivity contribution is 9.10. The molecule has 0 fully saturated rings. The first kappa shape index (κ1) is 34.0. The van der Waals surface area contributed by atoms with Gasteiger partial charge in [0.1, 0.15) is 11.2 Å². The topological polar surface area (TPSA) is 134 Å². The maximum absolute atomic E-state index is 14.0. The zero-order chi connectivity index (χ0) is 32.7. The fraction of sp³-hybridized carbons (Fsp3) is 0.467. The van der Waals surface area contributed by atoms with E-state index in [0.717, 1.165) is 10.1 Å². The van der Waals surface area contributed by atoms with Crippen molar-refractivity contribution in [2.24, 2.45) is 0 Å². The predicted octanol–water partition coefficient (Wildman–Crippen LogP) is 7.19. The molecular weight excluding hydrogens is 642 g/mol. The van der Waals surface area contributed by atoms with Crippen molar-refractivity contribution < 1.29 is 37.0 Å². The Balaban J connectivity index is 2.29. The summed E-state index contributed by atoms with van der Waals surface area (Å²) in [6.07, 6.45) is -0.888. The predicted molar refractivity (Wildman–Crippen MR) is 166 cm³/mol. The van der Waals surface area contributed by atoms with Gasteiger partial charge in [-0.25, -0.2) is 32.4 Å². The molecule has 0 saturated carbocycles.